The molecular formula is C14H17BrN4OS. The van der Waals surface area contributed by atoms with Crippen molar-refractivity contribution in [3.63, 3.8) is 0 Å². The number of nitrogens with zero attached hydrogens (tertiary/aromatic N) is 4. The lowest BCUT2D eigenvalue weighted by Crippen LogP contribution is -2.08. The average Bonchev–Trinajstić information content (AvgIpc) is 3.08. The number of hydrogen-bond acceptors (Lipinski definition) is 5. The fraction of sp³-hybridized carbons (Fsp3) is 0.500. The largest absolute Gasteiger partial charge is 0.389 e. The molecule has 3 rings (SSSR count). The first-order valence-corrected chi connectivity index (χ1v) is 8.69. The summed E-state index contributed by atoms with van der Waals surface area (Å²) in [5.74, 6) is 0. The highest BCUT2D eigenvalue weighted by Crippen LogP contribution is 2.35. The quantitative estimate of drug-likeness (QED) is 0.889. The fourth-order valence-corrected chi connectivity index (χ4v) is 4.39. The third kappa shape index (κ3) is 3.30. The van der Waals surface area contributed by atoms with E-state index < -0.39 is 6.10 Å². The third-order valence-electron chi connectivity index (χ3n) is 3.76. The van der Waals surface area contributed by atoms with Crippen LogP contribution in [0.1, 0.15) is 50.3 Å². The second-order valence-electron chi connectivity index (χ2n) is 5.31. The minimum absolute atomic E-state index is 0.433. The lowest BCUT2D eigenvalue weighted by atomic mass is 10.1. The molecule has 1 N–H and O–H groups in total. The Bertz CT molecular complexity index is 625. The number of tetrazole rings is 1. The molecule has 0 unspecified atom stereocenters. The van der Waals surface area contributed by atoms with Crippen molar-refractivity contribution in [2.24, 2.45) is 0 Å². The Labute approximate surface area is 136 Å². The SMILES string of the molecule is C[C@@H](O)c1ccc(Sc2nnnn2C2CCCC2)cc1Br. The van der Waals surface area contributed by atoms with E-state index in [1.54, 1.807) is 18.7 Å². The third-order valence-corrected chi connectivity index (χ3v) is 5.39. The number of rotatable bonds is 4. The average molecular weight is 369 g/mol. The molecule has 21 heavy (non-hydrogen) atoms. The minimum atomic E-state index is -0.484. The fourth-order valence-electron chi connectivity index (χ4n) is 2.65. The molecule has 1 heterocycles. The van der Waals surface area contributed by atoms with Crippen LogP contribution in [0.15, 0.2) is 32.7 Å². The summed E-state index contributed by atoms with van der Waals surface area (Å²) in [5, 5.41) is 22.6. The summed E-state index contributed by atoms with van der Waals surface area (Å²) in [5.41, 5.74) is 0.884. The van der Waals surface area contributed by atoms with Gasteiger partial charge in [-0.25, -0.2) is 4.68 Å². The van der Waals surface area contributed by atoms with Gasteiger partial charge in [0.1, 0.15) is 0 Å². The van der Waals surface area contributed by atoms with Gasteiger partial charge in [0.15, 0.2) is 0 Å². The highest BCUT2D eigenvalue weighted by Gasteiger charge is 2.22. The van der Waals surface area contributed by atoms with Gasteiger partial charge in [0.25, 0.3) is 0 Å². The Morgan fingerprint density at radius 2 is 2.14 bits per heavy atom. The van der Waals surface area contributed by atoms with E-state index in [4.69, 9.17) is 0 Å². The van der Waals surface area contributed by atoms with Gasteiger partial charge in [-0.1, -0.05) is 34.8 Å². The first kappa shape index (κ1) is 15.0. The van der Waals surface area contributed by atoms with Crippen LogP contribution in [0, 0.1) is 0 Å². The van der Waals surface area contributed by atoms with Gasteiger partial charge < -0.3 is 5.11 Å². The van der Waals surface area contributed by atoms with Crippen LogP contribution in [0.2, 0.25) is 0 Å². The summed E-state index contributed by atoms with van der Waals surface area (Å²) in [7, 11) is 0. The molecule has 1 atom stereocenters. The van der Waals surface area contributed by atoms with Gasteiger partial charge in [-0.2, -0.15) is 0 Å². The maximum Gasteiger partial charge on any atom is 0.214 e. The first-order chi connectivity index (χ1) is 10.1. The molecule has 1 saturated carbocycles. The van der Waals surface area contributed by atoms with Crippen LogP contribution in [-0.4, -0.2) is 25.3 Å². The summed E-state index contributed by atoms with van der Waals surface area (Å²) in [6, 6.07) is 6.36. The zero-order valence-corrected chi connectivity index (χ0v) is 14.1. The smallest absolute Gasteiger partial charge is 0.214 e. The topological polar surface area (TPSA) is 63.8 Å². The van der Waals surface area contributed by atoms with Crippen molar-refractivity contribution >= 4 is 27.7 Å². The van der Waals surface area contributed by atoms with Crippen molar-refractivity contribution in [3.8, 4) is 0 Å². The number of halogens is 1. The molecule has 1 aromatic heterocycles. The van der Waals surface area contributed by atoms with Crippen LogP contribution < -0.4 is 0 Å². The van der Waals surface area contributed by atoms with Crippen molar-refractivity contribution in [2.75, 3.05) is 0 Å². The molecular weight excluding hydrogens is 352 g/mol. The van der Waals surface area contributed by atoms with E-state index >= 15 is 0 Å². The zero-order valence-electron chi connectivity index (χ0n) is 11.7. The molecule has 1 fully saturated rings. The highest BCUT2D eigenvalue weighted by atomic mass is 79.9. The molecule has 0 saturated heterocycles. The first-order valence-electron chi connectivity index (χ1n) is 7.08. The molecule has 5 nitrogen and oxygen atoms in total. The lowest BCUT2D eigenvalue weighted by Gasteiger charge is -2.12. The Balaban J connectivity index is 1.81. The predicted molar refractivity (Wildman–Crippen MR) is 84.2 cm³/mol. The van der Waals surface area contributed by atoms with Gasteiger partial charge in [0, 0.05) is 9.37 Å². The second-order valence-corrected chi connectivity index (χ2v) is 7.20. The van der Waals surface area contributed by atoms with E-state index in [2.05, 4.69) is 31.5 Å². The van der Waals surface area contributed by atoms with Crippen molar-refractivity contribution in [2.45, 2.75) is 54.8 Å². The summed E-state index contributed by atoms with van der Waals surface area (Å²) in [6.45, 7) is 1.76. The van der Waals surface area contributed by atoms with Crippen molar-refractivity contribution in [1.29, 1.82) is 0 Å². The van der Waals surface area contributed by atoms with E-state index in [1.165, 1.54) is 12.8 Å². The van der Waals surface area contributed by atoms with Crippen molar-refractivity contribution in [3.05, 3.63) is 28.2 Å². The van der Waals surface area contributed by atoms with Crippen LogP contribution in [0.3, 0.4) is 0 Å². The second kappa shape index (κ2) is 6.46. The van der Waals surface area contributed by atoms with Gasteiger partial charge in [-0.05, 0) is 59.7 Å². The zero-order chi connectivity index (χ0) is 14.8. The van der Waals surface area contributed by atoms with Gasteiger partial charge in [0.05, 0.1) is 12.1 Å². The number of benzene rings is 1. The molecule has 2 aromatic rings. The molecule has 0 aliphatic heterocycles. The standard InChI is InChI=1S/C14H17BrN4OS/c1-9(20)12-7-6-11(8-13(12)15)21-14-16-17-18-19(14)10-4-2-3-5-10/h6-10,20H,2-5H2,1H3/t9-/m1/s1. The Kier molecular flexibility index (Phi) is 4.61. The van der Waals surface area contributed by atoms with Crippen molar-refractivity contribution < 1.29 is 5.11 Å². The minimum Gasteiger partial charge on any atom is -0.389 e. The van der Waals surface area contributed by atoms with Gasteiger partial charge in [-0.15, -0.1) is 5.10 Å². The van der Waals surface area contributed by atoms with Crippen LogP contribution >= 0.6 is 27.7 Å². The molecule has 0 spiro atoms. The molecule has 1 aromatic carbocycles. The molecule has 0 bridgehead atoms. The maximum absolute atomic E-state index is 9.67. The predicted octanol–water partition coefficient (Wildman–Crippen LogP) is 3.76. The van der Waals surface area contributed by atoms with Gasteiger partial charge >= 0.3 is 0 Å². The Hall–Kier alpha value is -0.920. The summed E-state index contributed by atoms with van der Waals surface area (Å²) in [4.78, 5) is 1.06. The van der Waals surface area contributed by atoms with E-state index in [9.17, 15) is 5.11 Å². The summed E-state index contributed by atoms with van der Waals surface area (Å²) in [6.07, 6.45) is 4.33. The molecule has 7 heteroatoms. The molecule has 0 amide bonds. The maximum atomic E-state index is 9.67. The molecule has 112 valence electrons. The summed E-state index contributed by atoms with van der Waals surface area (Å²) >= 11 is 5.06. The van der Waals surface area contributed by atoms with E-state index in [0.717, 1.165) is 32.9 Å². The van der Waals surface area contributed by atoms with E-state index in [-0.39, 0.29) is 0 Å². The number of aliphatic hydroxyl groups excluding tert-OH is 1. The van der Waals surface area contributed by atoms with Crippen LogP contribution in [0.25, 0.3) is 0 Å². The Morgan fingerprint density at radius 1 is 1.38 bits per heavy atom. The highest BCUT2D eigenvalue weighted by molar-refractivity contribution is 9.10. The molecule has 0 radical (unpaired) electrons. The van der Waals surface area contributed by atoms with Crippen LogP contribution in [0.4, 0.5) is 0 Å². The van der Waals surface area contributed by atoms with E-state index in [0.29, 0.717) is 6.04 Å². The van der Waals surface area contributed by atoms with Crippen molar-refractivity contribution in [1.82, 2.24) is 20.2 Å². The van der Waals surface area contributed by atoms with Crippen LogP contribution in [-0.2, 0) is 0 Å². The van der Waals surface area contributed by atoms with E-state index in [1.807, 2.05) is 22.9 Å². The number of hydrogen-bond donors (Lipinski definition) is 1. The Morgan fingerprint density at radius 3 is 2.81 bits per heavy atom. The van der Waals surface area contributed by atoms with Crippen LogP contribution in [0.5, 0.6) is 0 Å². The number of aliphatic hydroxyl groups is 1. The number of aromatic nitrogens is 4. The van der Waals surface area contributed by atoms with Gasteiger partial charge in [0.2, 0.25) is 5.16 Å². The van der Waals surface area contributed by atoms with Gasteiger partial charge in [-0.3, -0.25) is 0 Å². The molecule has 1 aliphatic carbocycles. The summed E-state index contributed by atoms with van der Waals surface area (Å²) < 4.78 is 2.86. The lowest BCUT2D eigenvalue weighted by molar-refractivity contribution is 0.198. The molecule has 1 aliphatic rings. The monoisotopic (exact) mass is 368 g/mol. The normalized spacial score (nSPS) is 17.3.